The molecule has 0 bridgehead atoms. The lowest BCUT2D eigenvalue weighted by Crippen LogP contribution is -2.06. The topological polar surface area (TPSA) is 106 Å². The number of oxime groups is 1. The number of methoxy groups -OCH3 is 1. The minimum atomic E-state index is -0.0816. The number of ether oxygens (including phenoxy) is 1. The van der Waals surface area contributed by atoms with Crippen LogP contribution in [0.15, 0.2) is 68.6 Å². The van der Waals surface area contributed by atoms with E-state index in [1.54, 1.807) is 19.5 Å². The first kappa shape index (κ1) is 19.5. The Morgan fingerprint density at radius 1 is 0.929 bits per heavy atom. The van der Waals surface area contributed by atoms with Crippen LogP contribution in [0.25, 0.3) is 0 Å². The number of hydrogen-bond acceptors (Lipinski definition) is 9. The van der Waals surface area contributed by atoms with Gasteiger partial charge in [0.2, 0.25) is 0 Å². The van der Waals surface area contributed by atoms with Gasteiger partial charge in [-0.15, -0.1) is 10.2 Å². The molecule has 1 aliphatic rings. The van der Waals surface area contributed by atoms with E-state index in [4.69, 9.17) is 9.57 Å². The summed E-state index contributed by atoms with van der Waals surface area (Å²) in [5, 5.41) is 26.9. The van der Waals surface area contributed by atoms with Gasteiger partial charge in [0.25, 0.3) is 0 Å². The third kappa shape index (κ3) is 5.90. The van der Waals surface area contributed by atoms with E-state index in [9.17, 15) is 0 Å². The van der Waals surface area contributed by atoms with Crippen LogP contribution in [-0.2, 0) is 4.84 Å². The summed E-state index contributed by atoms with van der Waals surface area (Å²) in [6.07, 6.45) is 8.25. The molecule has 146 valence electrons. The Kier molecular flexibility index (Phi) is 7.54. The number of aromatic nitrogens is 2. The minimum Gasteiger partial charge on any atom is -0.497 e. The standard InChI is InChI=1S/C19H23N7O2/c1-27-17-9-7-15(8-10-17)19(16-11-12-20-21-14-16)24-28-13-5-3-2-4-6-18-22-25-26-23-18/h7-12,14,18H,2-6,13H2,1H3/b24-19-. The predicted octanol–water partition coefficient (Wildman–Crippen LogP) is 4.36. The summed E-state index contributed by atoms with van der Waals surface area (Å²) in [5.41, 5.74) is 2.49. The Balaban J connectivity index is 1.48. The van der Waals surface area contributed by atoms with Crippen molar-refractivity contribution < 1.29 is 9.57 Å². The second-order valence-corrected chi connectivity index (χ2v) is 6.23. The lowest BCUT2D eigenvalue weighted by atomic mass is 10.0. The van der Waals surface area contributed by atoms with Crippen LogP contribution < -0.4 is 4.74 Å². The second kappa shape index (κ2) is 10.8. The van der Waals surface area contributed by atoms with Gasteiger partial charge in [-0.05, 0) is 66.5 Å². The summed E-state index contributed by atoms with van der Waals surface area (Å²) in [6, 6.07) is 9.53. The molecule has 28 heavy (non-hydrogen) atoms. The lowest BCUT2D eigenvalue weighted by molar-refractivity contribution is 0.140. The van der Waals surface area contributed by atoms with E-state index in [1.807, 2.05) is 30.3 Å². The zero-order chi connectivity index (χ0) is 19.4. The molecule has 1 aliphatic heterocycles. The van der Waals surface area contributed by atoms with Crippen LogP contribution in [-0.4, -0.2) is 35.8 Å². The van der Waals surface area contributed by atoms with E-state index in [2.05, 4.69) is 36.0 Å². The summed E-state index contributed by atoms with van der Waals surface area (Å²) >= 11 is 0. The van der Waals surface area contributed by atoms with E-state index in [-0.39, 0.29) is 6.17 Å². The van der Waals surface area contributed by atoms with Crippen molar-refractivity contribution in [3.05, 3.63) is 53.9 Å². The molecule has 0 fully saturated rings. The molecule has 0 aliphatic carbocycles. The van der Waals surface area contributed by atoms with E-state index < -0.39 is 0 Å². The van der Waals surface area contributed by atoms with Crippen LogP contribution >= 0.6 is 0 Å². The van der Waals surface area contributed by atoms with E-state index in [0.29, 0.717) is 6.61 Å². The Labute approximate surface area is 163 Å². The maximum absolute atomic E-state index is 5.58. The van der Waals surface area contributed by atoms with E-state index in [1.165, 1.54) is 0 Å². The average molecular weight is 381 g/mol. The molecule has 2 heterocycles. The van der Waals surface area contributed by atoms with Crippen molar-refractivity contribution in [3.63, 3.8) is 0 Å². The minimum absolute atomic E-state index is 0.0816. The summed E-state index contributed by atoms with van der Waals surface area (Å²) in [6.45, 7) is 0.557. The number of nitrogens with zero attached hydrogens (tertiary/aromatic N) is 7. The summed E-state index contributed by atoms with van der Waals surface area (Å²) in [7, 11) is 1.64. The highest BCUT2D eigenvalue weighted by Crippen LogP contribution is 2.16. The van der Waals surface area contributed by atoms with Crippen LogP contribution in [0, 0.1) is 0 Å². The molecule has 1 aromatic heterocycles. The second-order valence-electron chi connectivity index (χ2n) is 6.23. The van der Waals surface area contributed by atoms with Gasteiger partial charge in [-0.3, -0.25) is 0 Å². The molecule has 2 aromatic rings. The third-order valence-electron chi connectivity index (χ3n) is 4.23. The quantitative estimate of drug-likeness (QED) is 0.327. The molecule has 0 N–H and O–H groups in total. The molecular formula is C19H23N7O2. The van der Waals surface area contributed by atoms with Crippen LogP contribution in [0.1, 0.15) is 43.2 Å². The molecule has 0 saturated carbocycles. The maximum atomic E-state index is 5.58. The van der Waals surface area contributed by atoms with E-state index in [0.717, 1.165) is 54.7 Å². The van der Waals surface area contributed by atoms with Crippen molar-refractivity contribution in [2.75, 3.05) is 13.7 Å². The van der Waals surface area contributed by atoms with Gasteiger partial charge in [-0.1, -0.05) is 11.6 Å². The predicted molar refractivity (Wildman–Crippen MR) is 103 cm³/mol. The fourth-order valence-corrected chi connectivity index (χ4v) is 2.71. The van der Waals surface area contributed by atoms with Gasteiger partial charge in [0.15, 0.2) is 6.17 Å². The van der Waals surface area contributed by atoms with Crippen molar-refractivity contribution in [3.8, 4) is 5.75 Å². The smallest absolute Gasteiger partial charge is 0.185 e. The first-order valence-electron chi connectivity index (χ1n) is 9.28. The molecule has 0 amide bonds. The summed E-state index contributed by atoms with van der Waals surface area (Å²) < 4.78 is 5.22. The van der Waals surface area contributed by atoms with Gasteiger partial charge in [-0.25, -0.2) is 0 Å². The Morgan fingerprint density at radius 3 is 2.43 bits per heavy atom. The highest BCUT2D eigenvalue weighted by molar-refractivity contribution is 6.12. The first-order chi connectivity index (χ1) is 13.9. The molecule has 0 spiro atoms. The molecule has 9 nitrogen and oxygen atoms in total. The van der Waals surface area contributed by atoms with Gasteiger partial charge in [0.05, 0.1) is 19.5 Å². The maximum Gasteiger partial charge on any atom is 0.185 e. The molecule has 0 saturated heterocycles. The number of hydrogen-bond donors (Lipinski definition) is 0. The molecule has 1 aromatic carbocycles. The highest BCUT2D eigenvalue weighted by atomic mass is 16.6. The Bertz CT molecular complexity index is 795. The zero-order valence-corrected chi connectivity index (χ0v) is 15.8. The number of unbranched alkanes of at least 4 members (excludes halogenated alkanes) is 3. The van der Waals surface area contributed by atoms with Gasteiger partial charge < -0.3 is 9.57 Å². The monoisotopic (exact) mass is 381 g/mol. The van der Waals surface area contributed by atoms with Crippen molar-refractivity contribution in [1.82, 2.24) is 10.2 Å². The van der Waals surface area contributed by atoms with Crippen LogP contribution in [0.3, 0.4) is 0 Å². The van der Waals surface area contributed by atoms with Gasteiger partial charge >= 0.3 is 0 Å². The number of benzene rings is 1. The van der Waals surface area contributed by atoms with E-state index >= 15 is 0 Å². The SMILES string of the molecule is COc1ccc(/C(=N/OCCCCCCC2N=NN=N2)c2ccnnc2)cc1. The Morgan fingerprint density at radius 2 is 1.71 bits per heavy atom. The molecule has 3 rings (SSSR count). The summed E-state index contributed by atoms with van der Waals surface area (Å²) in [5.74, 6) is 0.789. The Hall–Kier alpha value is -3.23. The average Bonchev–Trinajstić information content (AvgIpc) is 3.27. The van der Waals surface area contributed by atoms with Crippen molar-refractivity contribution in [2.45, 2.75) is 38.3 Å². The fraction of sp³-hybridized carbons (Fsp3) is 0.421. The number of rotatable bonds is 11. The molecular weight excluding hydrogens is 358 g/mol. The van der Waals surface area contributed by atoms with Crippen molar-refractivity contribution in [2.24, 2.45) is 25.8 Å². The lowest BCUT2D eigenvalue weighted by Gasteiger charge is -2.08. The molecule has 0 radical (unpaired) electrons. The van der Waals surface area contributed by atoms with Gasteiger partial charge in [0.1, 0.15) is 18.1 Å². The fourth-order valence-electron chi connectivity index (χ4n) is 2.71. The molecule has 0 atom stereocenters. The van der Waals surface area contributed by atoms with Crippen molar-refractivity contribution in [1.29, 1.82) is 0 Å². The van der Waals surface area contributed by atoms with Gasteiger partial charge in [0, 0.05) is 11.1 Å². The molecule has 9 heteroatoms. The van der Waals surface area contributed by atoms with Crippen LogP contribution in [0.2, 0.25) is 0 Å². The first-order valence-corrected chi connectivity index (χ1v) is 9.28. The largest absolute Gasteiger partial charge is 0.497 e. The zero-order valence-electron chi connectivity index (χ0n) is 15.8. The normalized spacial score (nSPS) is 13.8. The molecule has 0 unspecified atom stereocenters. The third-order valence-corrected chi connectivity index (χ3v) is 4.23. The van der Waals surface area contributed by atoms with Gasteiger partial charge in [-0.2, -0.15) is 10.2 Å². The summed E-state index contributed by atoms with van der Waals surface area (Å²) in [4.78, 5) is 5.58. The van der Waals surface area contributed by atoms with Crippen LogP contribution in [0.4, 0.5) is 0 Å². The highest BCUT2D eigenvalue weighted by Gasteiger charge is 2.10. The van der Waals surface area contributed by atoms with Crippen molar-refractivity contribution >= 4 is 5.71 Å². The van der Waals surface area contributed by atoms with Crippen LogP contribution in [0.5, 0.6) is 5.75 Å².